The molecule has 4 rings (SSSR count). The van der Waals surface area contributed by atoms with Crippen LogP contribution in [-0.4, -0.2) is 47.0 Å². The number of benzene rings is 3. The topological polar surface area (TPSA) is 78.7 Å². The van der Waals surface area contributed by atoms with Crippen LogP contribution in [0, 0.1) is 10.1 Å². The van der Waals surface area contributed by atoms with Gasteiger partial charge in [-0.25, -0.2) is 0 Å². The average molecular weight is 495 g/mol. The Balaban J connectivity index is 1.41. The van der Waals surface area contributed by atoms with E-state index in [-0.39, 0.29) is 11.6 Å². The number of rotatable bonds is 5. The monoisotopic (exact) mass is 494 g/mol. The Morgan fingerprint density at radius 3 is 2.00 bits per heavy atom. The predicted molar refractivity (Wildman–Crippen MR) is 137 cm³/mol. The number of nitrogens with one attached hydrogen (secondary N) is 1. The molecule has 1 fully saturated rings. The van der Waals surface area contributed by atoms with Crippen molar-refractivity contribution in [2.24, 2.45) is 0 Å². The number of hydrogen-bond acceptors (Lipinski definition) is 5. The van der Waals surface area contributed by atoms with Crippen molar-refractivity contribution in [2.45, 2.75) is 5.92 Å². The molecule has 7 nitrogen and oxygen atoms in total. The lowest BCUT2D eigenvalue weighted by Gasteiger charge is -2.37. The molecule has 0 unspecified atom stereocenters. The van der Waals surface area contributed by atoms with Crippen molar-refractivity contribution in [3.63, 3.8) is 0 Å². The van der Waals surface area contributed by atoms with Crippen molar-refractivity contribution in [2.75, 3.05) is 31.1 Å². The van der Waals surface area contributed by atoms with Gasteiger partial charge in [0.1, 0.15) is 0 Å². The van der Waals surface area contributed by atoms with Gasteiger partial charge in [0.05, 0.1) is 21.6 Å². The van der Waals surface area contributed by atoms with E-state index in [1.54, 1.807) is 6.07 Å². The normalized spacial score (nSPS) is 13.6. The fourth-order valence-electron chi connectivity index (χ4n) is 4.06. The SMILES string of the molecule is O=C(NC(=S)N1CCN(c2ccc([N+](=O)[O-])cc2Cl)CC1)C(c1ccccc1)c1ccccc1. The molecule has 174 valence electrons. The van der Waals surface area contributed by atoms with Crippen molar-refractivity contribution < 1.29 is 9.72 Å². The molecule has 0 saturated carbocycles. The van der Waals surface area contributed by atoms with Gasteiger partial charge >= 0.3 is 0 Å². The van der Waals surface area contributed by atoms with Gasteiger partial charge < -0.3 is 15.1 Å². The lowest BCUT2D eigenvalue weighted by atomic mass is 9.90. The van der Waals surface area contributed by atoms with Crippen molar-refractivity contribution in [3.8, 4) is 0 Å². The van der Waals surface area contributed by atoms with E-state index in [9.17, 15) is 14.9 Å². The number of piperazine rings is 1. The molecule has 0 spiro atoms. The highest BCUT2D eigenvalue weighted by Gasteiger charge is 2.27. The number of nitro benzene ring substituents is 1. The van der Waals surface area contributed by atoms with Gasteiger partial charge in [-0.05, 0) is 29.4 Å². The summed E-state index contributed by atoms with van der Waals surface area (Å²) in [5, 5.41) is 14.6. The molecule has 0 aliphatic carbocycles. The summed E-state index contributed by atoms with van der Waals surface area (Å²) in [5.74, 6) is -0.649. The third kappa shape index (κ3) is 5.35. The molecule has 1 amide bonds. The number of nitrogens with zero attached hydrogens (tertiary/aromatic N) is 3. The minimum Gasteiger partial charge on any atom is -0.367 e. The summed E-state index contributed by atoms with van der Waals surface area (Å²) < 4.78 is 0. The lowest BCUT2D eigenvalue weighted by molar-refractivity contribution is -0.384. The number of anilines is 1. The summed E-state index contributed by atoms with van der Waals surface area (Å²) >= 11 is 11.9. The zero-order chi connectivity index (χ0) is 24.1. The Kier molecular flexibility index (Phi) is 7.40. The van der Waals surface area contributed by atoms with Gasteiger partial charge in [0.2, 0.25) is 5.91 Å². The average Bonchev–Trinajstić information content (AvgIpc) is 2.85. The molecule has 0 radical (unpaired) electrons. The second-order valence-corrected chi connectivity index (χ2v) is 8.71. The van der Waals surface area contributed by atoms with E-state index in [0.29, 0.717) is 36.3 Å². The van der Waals surface area contributed by atoms with Gasteiger partial charge in [-0.3, -0.25) is 14.9 Å². The Bertz CT molecular complexity index is 1150. The maximum atomic E-state index is 13.3. The first-order valence-electron chi connectivity index (χ1n) is 10.8. The molecule has 1 heterocycles. The third-order valence-corrected chi connectivity index (χ3v) is 6.47. The van der Waals surface area contributed by atoms with Gasteiger partial charge in [0.25, 0.3) is 5.69 Å². The van der Waals surface area contributed by atoms with Gasteiger partial charge in [0.15, 0.2) is 5.11 Å². The molecule has 34 heavy (non-hydrogen) atoms. The van der Waals surface area contributed by atoms with Crippen LogP contribution >= 0.6 is 23.8 Å². The first-order chi connectivity index (χ1) is 16.4. The van der Waals surface area contributed by atoms with Crippen LogP contribution in [0.4, 0.5) is 11.4 Å². The molecule has 0 bridgehead atoms. The number of nitro groups is 1. The van der Waals surface area contributed by atoms with E-state index < -0.39 is 10.8 Å². The molecule has 0 atom stereocenters. The third-order valence-electron chi connectivity index (χ3n) is 5.81. The summed E-state index contributed by atoms with van der Waals surface area (Å²) in [7, 11) is 0. The molecule has 1 aliphatic heterocycles. The molecule has 1 N–H and O–H groups in total. The summed E-state index contributed by atoms with van der Waals surface area (Å²) in [6, 6.07) is 23.7. The molecule has 1 saturated heterocycles. The minimum atomic E-state index is -0.472. The molecule has 0 aromatic heterocycles. The van der Waals surface area contributed by atoms with E-state index >= 15 is 0 Å². The lowest BCUT2D eigenvalue weighted by Crippen LogP contribution is -2.53. The first-order valence-corrected chi connectivity index (χ1v) is 11.6. The van der Waals surface area contributed by atoms with Gasteiger partial charge in [-0.15, -0.1) is 0 Å². The summed E-state index contributed by atoms with van der Waals surface area (Å²) in [6.45, 7) is 2.42. The summed E-state index contributed by atoms with van der Waals surface area (Å²) in [5.41, 5.74) is 2.50. The number of amides is 1. The molecule has 9 heteroatoms. The highest BCUT2D eigenvalue weighted by Crippen LogP contribution is 2.30. The van der Waals surface area contributed by atoms with E-state index in [1.807, 2.05) is 65.6 Å². The largest absolute Gasteiger partial charge is 0.367 e. The number of halogens is 1. The van der Waals surface area contributed by atoms with Crippen molar-refractivity contribution in [3.05, 3.63) is 105 Å². The smallest absolute Gasteiger partial charge is 0.271 e. The second kappa shape index (κ2) is 10.6. The van der Waals surface area contributed by atoms with Crippen LogP contribution in [0.5, 0.6) is 0 Å². The van der Waals surface area contributed by atoms with Crippen LogP contribution in [0.1, 0.15) is 17.0 Å². The molecular formula is C25H23ClN4O3S. The second-order valence-electron chi connectivity index (χ2n) is 7.92. The van der Waals surface area contributed by atoms with Gasteiger partial charge in [0, 0.05) is 38.3 Å². The van der Waals surface area contributed by atoms with Crippen LogP contribution < -0.4 is 10.2 Å². The van der Waals surface area contributed by atoms with E-state index in [0.717, 1.165) is 16.8 Å². The molecular weight excluding hydrogens is 472 g/mol. The van der Waals surface area contributed by atoms with Crippen molar-refractivity contribution >= 4 is 46.2 Å². The number of hydrogen-bond donors (Lipinski definition) is 1. The Morgan fingerprint density at radius 2 is 1.50 bits per heavy atom. The zero-order valence-corrected chi connectivity index (χ0v) is 19.8. The number of thiocarbonyl (C=S) groups is 1. The fourth-order valence-corrected chi connectivity index (χ4v) is 4.64. The number of non-ortho nitro benzene ring substituents is 1. The first kappa shape index (κ1) is 23.7. The maximum Gasteiger partial charge on any atom is 0.271 e. The quantitative estimate of drug-likeness (QED) is 0.317. The van der Waals surface area contributed by atoms with Gasteiger partial charge in [-0.2, -0.15) is 0 Å². The highest BCUT2D eigenvalue weighted by molar-refractivity contribution is 7.80. The van der Waals surface area contributed by atoms with Crippen LogP contribution in [-0.2, 0) is 4.79 Å². The van der Waals surface area contributed by atoms with Crippen LogP contribution in [0.15, 0.2) is 78.9 Å². The Morgan fingerprint density at radius 1 is 0.941 bits per heavy atom. The minimum absolute atomic E-state index is 0.0392. The van der Waals surface area contributed by atoms with Crippen LogP contribution in [0.2, 0.25) is 5.02 Å². The molecule has 3 aromatic carbocycles. The van der Waals surface area contributed by atoms with E-state index in [2.05, 4.69) is 10.2 Å². The number of carbonyl (C=O) groups is 1. The number of carbonyl (C=O) groups excluding carboxylic acids is 1. The zero-order valence-electron chi connectivity index (χ0n) is 18.3. The van der Waals surface area contributed by atoms with Crippen LogP contribution in [0.3, 0.4) is 0 Å². The Hall–Kier alpha value is -3.49. The Labute approximate surface area is 208 Å². The van der Waals surface area contributed by atoms with Crippen LogP contribution in [0.25, 0.3) is 0 Å². The maximum absolute atomic E-state index is 13.3. The standard InChI is InChI=1S/C25H23ClN4O3S/c26-21-17-20(30(32)33)11-12-22(21)28-13-15-29(16-14-28)25(34)27-24(31)23(18-7-3-1-4-8-18)19-9-5-2-6-10-19/h1-12,17,23H,13-16H2,(H,27,31,34). The summed E-state index contributed by atoms with van der Waals surface area (Å²) in [4.78, 5) is 27.8. The fraction of sp³-hybridized carbons (Fsp3) is 0.200. The van der Waals surface area contributed by atoms with Crippen molar-refractivity contribution in [1.29, 1.82) is 0 Å². The highest BCUT2D eigenvalue weighted by atomic mass is 35.5. The van der Waals surface area contributed by atoms with E-state index in [1.165, 1.54) is 12.1 Å². The van der Waals surface area contributed by atoms with E-state index in [4.69, 9.17) is 23.8 Å². The summed E-state index contributed by atoms with van der Waals surface area (Å²) in [6.07, 6.45) is 0. The predicted octanol–water partition coefficient (Wildman–Crippen LogP) is 4.60. The molecule has 1 aliphatic rings. The molecule has 3 aromatic rings. The van der Waals surface area contributed by atoms with Gasteiger partial charge in [-0.1, -0.05) is 72.3 Å². The van der Waals surface area contributed by atoms with Crippen molar-refractivity contribution in [1.82, 2.24) is 10.2 Å².